The van der Waals surface area contributed by atoms with Crippen molar-refractivity contribution < 1.29 is 9.72 Å². The molecule has 1 aliphatic carbocycles. The average molecular weight is 333 g/mol. The summed E-state index contributed by atoms with van der Waals surface area (Å²) in [5.41, 5.74) is 3.44. The van der Waals surface area contributed by atoms with Crippen molar-refractivity contribution in [2.24, 2.45) is 0 Å². The number of ketones is 1. The fourth-order valence-corrected chi connectivity index (χ4v) is 3.26. The normalized spacial score (nSPS) is 13.5. The van der Waals surface area contributed by atoms with Gasteiger partial charge in [0.15, 0.2) is 5.78 Å². The third-order valence-corrected chi connectivity index (χ3v) is 4.39. The minimum Gasteiger partial charge on any atom is -0.294 e. The van der Waals surface area contributed by atoms with Crippen LogP contribution in [0.15, 0.2) is 54.6 Å². The molecule has 0 amide bonds. The van der Waals surface area contributed by atoms with E-state index in [2.05, 4.69) is 5.10 Å². The molecule has 0 fully saturated rings. The van der Waals surface area contributed by atoms with Crippen LogP contribution in [-0.2, 0) is 6.42 Å². The molecule has 0 unspecified atom stereocenters. The number of rotatable bonds is 3. The van der Waals surface area contributed by atoms with Crippen LogP contribution >= 0.6 is 0 Å². The lowest BCUT2D eigenvalue weighted by Crippen LogP contribution is -2.10. The number of nitrogens with zero attached hydrogens (tertiary/aromatic N) is 3. The lowest BCUT2D eigenvalue weighted by atomic mass is 9.92. The molecule has 0 atom stereocenters. The standard InChI is InChI=1S/C19H15N3O3/c23-17-11-5-10-16-18(17)19(13-6-4-9-15(12-13)22(24)25)21(20-16)14-7-2-1-3-8-14/h1-4,6-9,12H,5,10-11H2. The van der Waals surface area contributed by atoms with E-state index in [1.807, 2.05) is 30.3 Å². The molecule has 0 radical (unpaired) electrons. The number of fused-ring (bicyclic) bond motifs is 1. The Morgan fingerprint density at radius 3 is 2.60 bits per heavy atom. The smallest absolute Gasteiger partial charge is 0.270 e. The molecule has 0 saturated carbocycles. The van der Waals surface area contributed by atoms with Crippen molar-refractivity contribution in [3.63, 3.8) is 0 Å². The number of benzene rings is 2. The first-order valence-electron chi connectivity index (χ1n) is 8.10. The van der Waals surface area contributed by atoms with Gasteiger partial charge < -0.3 is 0 Å². The van der Waals surface area contributed by atoms with Crippen molar-refractivity contribution in [1.82, 2.24) is 9.78 Å². The van der Waals surface area contributed by atoms with Crippen molar-refractivity contribution in [2.45, 2.75) is 19.3 Å². The molecule has 6 heteroatoms. The number of non-ortho nitro benzene ring substituents is 1. The van der Waals surface area contributed by atoms with E-state index in [0.29, 0.717) is 23.2 Å². The first-order chi connectivity index (χ1) is 12.1. The van der Waals surface area contributed by atoms with Crippen LogP contribution in [0.2, 0.25) is 0 Å². The molecule has 0 saturated heterocycles. The molecule has 1 aromatic heterocycles. The number of carbonyl (C=O) groups excluding carboxylic acids is 1. The molecule has 1 aliphatic rings. The molecule has 6 nitrogen and oxygen atoms in total. The summed E-state index contributed by atoms with van der Waals surface area (Å²) in [4.78, 5) is 23.3. The Balaban J connectivity index is 2.00. The Labute approximate surface area is 143 Å². The number of aromatic nitrogens is 2. The van der Waals surface area contributed by atoms with Gasteiger partial charge in [0.1, 0.15) is 0 Å². The zero-order valence-corrected chi connectivity index (χ0v) is 13.4. The van der Waals surface area contributed by atoms with E-state index in [1.165, 1.54) is 12.1 Å². The Hall–Kier alpha value is -3.28. The number of aryl methyl sites for hydroxylation is 1. The van der Waals surface area contributed by atoms with E-state index in [4.69, 9.17) is 0 Å². The van der Waals surface area contributed by atoms with E-state index in [-0.39, 0.29) is 11.5 Å². The number of hydrogen-bond donors (Lipinski definition) is 0. The summed E-state index contributed by atoms with van der Waals surface area (Å²) in [5.74, 6) is 0.0462. The molecule has 0 aliphatic heterocycles. The van der Waals surface area contributed by atoms with Crippen LogP contribution < -0.4 is 0 Å². The van der Waals surface area contributed by atoms with Gasteiger partial charge in [-0.3, -0.25) is 14.9 Å². The van der Waals surface area contributed by atoms with Gasteiger partial charge in [-0.25, -0.2) is 4.68 Å². The van der Waals surface area contributed by atoms with Crippen LogP contribution in [0.1, 0.15) is 28.9 Å². The minimum atomic E-state index is -0.430. The van der Waals surface area contributed by atoms with Crippen molar-refractivity contribution in [3.05, 3.63) is 76.0 Å². The number of hydrogen-bond acceptors (Lipinski definition) is 4. The molecule has 0 bridgehead atoms. The topological polar surface area (TPSA) is 78.0 Å². The Kier molecular flexibility index (Phi) is 3.65. The predicted molar refractivity (Wildman–Crippen MR) is 92.9 cm³/mol. The largest absolute Gasteiger partial charge is 0.294 e. The van der Waals surface area contributed by atoms with E-state index < -0.39 is 4.92 Å². The molecular weight excluding hydrogens is 318 g/mol. The molecule has 2 aromatic carbocycles. The van der Waals surface area contributed by atoms with Gasteiger partial charge in [0.2, 0.25) is 0 Å². The van der Waals surface area contributed by atoms with Crippen LogP contribution in [0.5, 0.6) is 0 Å². The van der Waals surface area contributed by atoms with E-state index in [9.17, 15) is 14.9 Å². The first kappa shape index (κ1) is 15.3. The lowest BCUT2D eigenvalue weighted by molar-refractivity contribution is -0.384. The maximum atomic E-state index is 12.6. The Morgan fingerprint density at radius 2 is 1.84 bits per heavy atom. The summed E-state index contributed by atoms with van der Waals surface area (Å²) in [7, 11) is 0. The number of carbonyl (C=O) groups is 1. The molecule has 0 spiro atoms. The molecule has 0 N–H and O–H groups in total. The monoisotopic (exact) mass is 333 g/mol. The second-order valence-electron chi connectivity index (χ2n) is 6.00. The summed E-state index contributed by atoms with van der Waals surface area (Å²) in [6.45, 7) is 0. The van der Waals surface area contributed by atoms with Gasteiger partial charge >= 0.3 is 0 Å². The van der Waals surface area contributed by atoms with Crippen molar-refractivity contribution in [1.29, 1.82) is 0 Å². The van der Waals surface area contributed by atoms with Gasteiger partial charge in [0, 0.05) is 24.1 Å². The highest BCUT2D eigenvalue weighted by Crippen LogP contribution is 2.34. The van der Waals surface area contributed by atoms with Crippen molar-refractivity contribution in [2.75, 3.05) is 0 Å². The molecule has 124 valence electrons. The maximum Gasteiger partial charge on any atom is 0.270 e. The van der Waals surface area contributed by atoms with Crippen LogP contribution in [0.25, 0.3) is 16.9 Å². The summed E-state index contributed by atoms with van der Waals surface area (Å²) in [6, 6.07) is 15.9. The minimum absolute atomic E-state index is 0.00433. The van der Waals surface area contributed by atoms with Crippen LogP contribution in [0, 0.1) is 10.1 Å². The third-order valence-electron chi connectivity index (χ3n) is 4.39. The number of para-hydroxylation sites is 1. The summed E-state index contributed by atoms with van der Waals surface area (Å²) < 4.78 is 1.73. The fraction of sp³-hybridized carbons (Fsp3) is 0.158. The zero-order chi connectivity index (χ0) is 17.4. The van der Waals surface area contributed by atoms with E-state index >= 15 is 0 Å². The number of Topliss-reactive ketones (excluding diaryl/α,β-unsaturated/α-hetero) is 1. The highest BCUT2D eigenvalue weighted by Gasteiger charge is 2.28. The lowest BCUT2D eigenvalue weighted by Gasteiger charge is -2.11. The Morgan fingerprint density at radius 1 is 1.04 bits per heavy atom. The molecule has 25 heavy (non-hydrogen) atoms. The van der Waals surface area contributed by atoms with Gasteiger partial charge in [-0.15, -0.1) is 0 Å². The second kappa shape index (κ2) is 5.98. The molecule has 4 rings (SSSR count). The summed E-state index contributed by atoms with van der Waals surface area (Å²) >= 11 is 0. The van der Waals surface area contributed by atoms with Gasteiger partial charge in [-0.05, 0) is 25.0 Å². The highest BCUT2D eigenvalue weighted by molar-refractivity contribution is 6.04. The van der Waals surface area contributed by atoms with Crippen molar-refractivity contribution in [3.8, 4) is 16.9 Å². The fourth-order valence-electron chi connectivity index (χ4n) is 3.26. The molecular formula is C19H15N3O3. The predicted octanol–water partition coefficient (Wildman–Crippen LogP) is 3.97. The maximum absolute atomic E-state index is 12.6. The molecule has 3 aromatic rings. The summed E-state index contributed by atoms with van der Waals surface area (Å²) in [5, 5.41) is 15.8. The average Bonchev–Trinajstić information content (AvgIpc) is 3.03. The van der Waals surface area contributed by atoms with Crippen LogP contribution in [0.4, 0.5) is 5.69 Å². The SMILES string of the molecule is O=C1CCCc2nn(-c3ccccc3)c(-c3cccc([N+](=O)[O-])c3)c21. The van der Waals surface area contributed by atoms with Gasteiger partial charge in [-0.1, -0.05) is 30.3 Å². The Bertz CT molecular complexity index is 977. The van der Waals surface area contributed by atoms with Gasteiger partial charge in [0.25, 0.3) is 5.69 Å². The summed E-state index contributed by atoms with van der Waals surface area (Å²) in [6.07, 6.45) is 2.00. The van der Waals surface area contributed by atoms with Crippen molar-refractivity contribution >= 4 is 11.5 Å². The van der Waals surface area contributed by atoms with Gasteiger partial charge in [-0.2, -0.15) is 5.10 Å². The zero-order valence-electron chi connectivity index (χ0n) is 13.4. The van der Waals surface area contributed by atoms with Crippen LogP contribution in [-0.4, -0.2) is 20.5 Å². The second-order valence-corrected chi connectivity index (χ2v) is 6.00. The van der Waals surface area contributed by atoms with E-state index in [0.717, 1.165) is 24.2 Å². The van der Waals surface area contributed by atoms with Gasteiger partial charge in [0.05, 0.1) is 27.6 Å². The number of nitro benzene ring substituents is 1. The van der Waals surface area contributed by atoms with Crippen LogP contribution in [0.3, 0.4) is 0 Å². The molecule has 1 heterocycles. The quantitative estimate of drug-likeness (QED) is 0.537. The van der Waals surface area contributed by atoms with E-state index in [1.54, 1.807) is 16.8 Å². The third kappa shape index (κ3) is 2.61. The first-order valence-corrected chi connectivity index (χ1v) is 8.10. The number of nitro groups is 1. The highest BCUT2D eigenvalue weighted by atomic mass is 16.6.